The summed E-state index contributed by atoms with van der Waals surface area (Å²) < 4.78 is 10.6. The molecule has 5 heteroatoms. The Hall–Kier alpha value is -1.75. The van der Waals surface area contributed by atoms with Crippen molar-refractivity contribution in [1.82, 2.24) is 10.6 Å². The van der Waals surface area contributed by atoms with E-state index in [2.05, 4.69) is 10.6 Å². The lowest BCUT2D eigenvalue weighted by atomic mass is 10.0. The molecule has 1 atom stereocenters. The molecule has 0 spiro atoms. The molecule has 0 aliphatic heterocycles. The molecule has 1 aromatic carbocycles. The molecule has 5 nitrogen and oxygen atoms in total. The maximum Gasteiger partial charge on any atom is 0.220 e. The van der Waals surface area contributed by atoms with Gasteiger partial charge in [0.05, 0.1) is 20.3 Å². The van der Waals surface area contributed by atoms with Crippen molar-refractivity contribution in [1.29, 1.82) is 0 Å². The second-order valence-corrected chi connectivity index (χ2v) is 5.06. The summed E-state index contributed by atoms with van der Waals surface area (Å²) >= 11 is 0. The summed E-state index contributed by atoms with van der Waals surface area (Å²) in [6.07, 6.45) is 1.36. The van der Waals surface area contributed by atoms with Crippen LogP contribution < -0.4 is 20.1 Å². The third kappa shape index (κ3) is 4.93. The quantitative estimate of drug-likeness (QED) is 0.722. The number of amides is 1. The number of benzene rings is 1. The van der Waals surface area contributed by atoms with Gasteiger partial charge < -0.3 is 20.1 Å². The van der Waals surface area contributed by atoms with Gasteiger partial charge in [-0.25, -0.2) is 0 Å². The minimum atomic E-state index is -0.0631. The second-order valence-electron chi connectivity index (χ2n) is 5.06. The normalized spacial score (nSPS) is 11.9. The highest BCUT2D eigenvalue weighted by atomic mass is 16.5. The Kier molecular flexibility index (Phi) is 7.02. The van der Waals surface area contributed by atoms with Crippen LogP contribution in [0.4, 0.5) is 0 Å². The molecule has 118 valence electrons. The van der Waals surface area contributed by atoms with Crippen LogP contribution in [0.1, 0.15) is 36.9 Å². The number of hydrogen-bond donors (Lipinski definition) is 2. The molecule has 0 bridgehead atoms. The Labute approximate surface area is 127 Å². The van der Waals surface area contributed by atoms with Crippen LogP contribution in [0.25, 0.3) is 0 Å². The van der Waals surface area contributed by atoms with Gasteiger partial charge in [-0.1, -0.05) is 0 Å². The van der Waals surface area contributed by atoms with Crippen LogP contribution in [0.15, 0.2) is 12.1 Å². The van der Waals surface area contributed by atoms with Crippen LogP contribution in [0.2, 0.25) is 0 Å². The molecule has 0 saturated carbocycles. The standard InChI is InChI=1S/C16H26N2O3/c1-11-9-14(20-4)15(21-5)10-13(11)12(2)18-16(19)7-6-8-17-3/h9-10,12,17H,6-8H2,1-5H3,(H,18,19). The summed E-state index contributed by atoms with van der Waals surface area (Å²) in [5.74, 6) is 1.44. The average Bonchev–Trinajstić information content (AvgIpc) is 2.46. The SMILES string of the molecule is CNCCCC(=O)NC(C)c1cc(OC)c(OC)cc1C. The molecule has 0 aliphatic rings. The van der Waals surface area contributed by atoms with Crippen LogP contribution in [0.3, 0.4) is 0 Å². The Bertz CT molecular complexity index is 475. The van der Waals surface area contributed by atoms with Crippen molar-refractivity contribution in [2.24, 2.45) is 0 Å². The monoisotopic (exact) mass is 294 g/mol. The van der Waals surface area contributed by atoms with E-state index in [9.17, 15) is 4.79 Å². The fourth-order valence-corrected chi connectivity index (χ4v) is 2.28. The number of hydrogen-bond acceptors (Lipinski definition) is 4. The summed E-state index contributed by atoms with van der Waals surface area (Å²) in [5.41, 5.74) is 2.10. The average molecular weight is 294 g/mol. The van der Waals surface area contributed by atoms with E-state index < -0.39 is 0 Å². The van der Waals surface area contributed by atoms with Crippen molar-refractivity contribution in [2.45, 2.75) is 32.7 Å². The number of nitrogens with one attached hydrogen (secondary N) is 2. The first-order chi connectivity index (χ1) is 10.0. The predicted molar refractivity (Wildman–Crippen MR) is 84.0 cm³/mol. The Morgan fingerprint density at radius 2 is 1.86 bits per heavy atom. The van der Waals surface area contributed by atoms with E-state index in [1.165, 1.54) is 0 Å². The van der Waals surface area contributed by atoms with Gasteiger partial charge in [0.2, 0.25) is 5.91 Å². The number of ether oxygens (including phenoxy) is 2. The van der Waals surface area contributed by atoms with Crippen molar-refractivity contribution in [2.75, 3.05) is 27.8 Å². The van der Waals surface area contributed by atoms with E-state index in [1.807, 2.05) is 33.0 Å². The molecule has 0 fully saturated rings. The van der Waals surface area contributed by atoms with Gasteiger partial charge in [-0.05, 0) is 57.1 Å². The fraction of sp³-hybridized carbons (Fsp3) is 0.562. The maximum atomic E-state index is 11.9. The number of methoxy groups -OCH3 is 2. The Morgan fingerprint density at radius 3 is 2.43 bits per heavy atom. The van der Waals surface area contributed by atoms with Crippen molar-refractivity contribution >= 4 is 5.91 Å². The molecule has 1 aromatic rings. The molecule has 21 heavy (non-hydrogen) atoms. The van der Waals surface area contributed by atoms with E-state index in [0.717, 1.165) is 24.1 Å². The van der Waals surface area contributed by atoms with E-state index in [-0.39, 0.29) is 11.9 Å². The first-order valence-electron chi connectivity index (χ1n) is 7.20. The van der Waals surface area contributed by atoms with Crippen molar-refractivity contribution < 1.29 is 14.3 Å². The van der Waals surface area contributed by atoms with Gasteiger partial charge in [0, 0.05) is 6.42 Å². The number of rotatable bonds is 8. The van der Waals surface area contributed by atoms with Gasteiger partial charge >= 0.3 is 0 Å². The maximum absolute atomic E-state index is 11.9. The molecule has 0 aromatic heterocycles. The Balaban J connectivity index is 2.77. The zero-order valence-electron chi connectivity index (χ0n) is 13.6. The summed E-state index contributed by atoms with van der Waals surface area (Å²) in [5, 5.41) is 6.06. The van der Waals surface area contributed by atoms with Crippen molar-refractivity contribution in [3.05, 3.63) is 23.3 Å². The third-order valence-corrected chi connectivity index (χ3v) is 3.45. The van der Waals surface area contributed by atoms with Crippen LogP contribution in [-0.2, 0) is 4.79 Å². The predicted octanol–water partition coefficient (Wildman–Crippen LogP) is 2.19. The molecule has 0 saturated heterocycles. The largest absolute Gasteiger partial charge is 0.493 e. The van der Waals surface area contributed by atoms with E-state index >= 15 is 0 Å². The van der Waals surface area contributed by atoms with Gasteiger partial charge in [-0.2, -0.15) is 0 Å². The lowest BCUT2D eigenvalue weighted by molar-refractivity contribution is -0.121. The van der Waals surface area contributed by atoms with Crippen LogP contribution >= 0.6 is 0 Å². The highest BCUT2D eigenvalue weighted by molar-refractivity contribution is 5.76. The second kappa shape index (κ2) is 8.52. The van der Waals surface area contributed by atoms with Crippen LogP contribution in [0.5, 0.6) is 11.5 Å². The Morgan fingerprint density at radius 1 is 1.24 bits per heavy atom. The molecule has 1 rings (SSSR count). The molecule has 0 aliphatic carbocycles. The molecule has 0 radical (unpaired) electrons. The minimum absolute atomic E-state index is 0.0620. The van der Waals surface area contributed by atoms with E-state index in [4.69, 9.17) is 9.47 Å². The first kappa shape index (κ1) is 17.3. The van der Waals surface area contributed by atoms with Crippen LogP contribution in [-0.4, -0.2) is 33.7 Å². The zero-order valence-corrected chi connectivity index (χ0v) is 13.6. The highest BCUT2D eigenvalue weighted by Gasteiger charge is 2.15. The zero-order chi connectivity index (χ0) is 15.8. The number of carbonyl (C=O) groups is 1. The summed E-state index contributed by atoms with van der Waals surface area (Å²) in [6.45, 7) is 4.82. The fourth-order valence-electron chi connectivity index (χ4n) is 2.28. The van der Waals surface area contributed by atoms with E-state index in [0.29, 0.717) is 17.9 Å². The molecule has 2 N–H and O–H groups in total. The van der Waals surface area contributed by atoms with Gasteiger partial charge in [0.1, 0.15) is 0 Å². The molecule has 1 unspecified atom stereocenters. The first-order valence-corrected chi connectivity index (χ1v) is 7.20. The minimum Gasteiger partial charge on any atom is -0.493 e. The van der Waals surface area contributed by atoms with Crippen molar-refractivity contribution in [3.63, 3.8) is 0 Å². The summed E-state index contributed by atoms with van der Waals surface area (Å²) in [4.78, 5) is 11.9. The van der Waals surface area contributed by atoms with Crippen molar-refractivity contribution in [3.8, 4) is 11.5 Å². The third-order valence-electron chi connectivity index (χ3n) is 3.45. The number of carbonyl (C=O) groups excluding carboxylic acids is 1. The highest BCUT2D eigenvalue weighted by Crippen LogP contribution is 2.32. The van der Waals surface area contributed by atoms with Gasteiger partial charge in [-0.3, -0.25) is 4.79 Å². The van der Waals surface area contributed by atoms with Gasteiger partial charge in [0.25, 0.3) is 0 Å². The van der Waals surface area contributed by atoms with Gasteiger partial charge in [0.15, 0.2) is 11.5 Å². The van der Waals surface area contributed by atoms with E-state index in [1.54, 1.807) is 14.2 Å². The molecule has 0 heterocycles. The summed E-state index contributed by atoms with van der Waals surface area (Å²) in [7, 11) is 5.11. The molecular formula is C16H26N2O3. The lowest BCUT2D eigenvalue weighted by Crippen LogP contribution is -2.27. The lowest BCUT2D eigenvalue weighted by Gasteiger charge is -2.19. The smallest absolute Gasteiger partial charge is 0.220 e. The van der Waals surface area contributed by atoms with Gasteiger partial charge in [-0.15, -0.1) is 0 Å². The summed E-state index contributed by atoms with van der Waals surface area (Å²) in [6, 6.07) is 3.79. The number of aryl methyl sites for hydroxylation is 1. The topological polar surface area (TPSA) is 59.6 Å². The molecule has 1 amide bonds. The van der Waals surface area contributed by atoms with Crippen LogP contribution in [0, 0.1) is 6.92 Å². The molecular weight excluding hydrogens is 268 g/mol.